The van der Waals surface area contributed by atoms with Crippen molar-refractivity contribution >= 4 is 0 Å². The van der Waals surface area contributed by atoms with E-state index in [9.17, 15) is 5.11 Å². The van der Waals surface area contributed by atoms with Crippen LogP contribution >= 0.6 is 0 Å². The number of benzene rings is 2. The fourth-order valence-electron chi connectivity index (χ4n) is 1.92. The standard InChI is InChI=1S/C16H19NO/c1-13-7-9-14(10-8-13)11-17-16(12-18)15-5-3-2-4-6-15/h2-10,16-18H,11-12H2,1H3. The molecule has 2 heteroatoms. The molecule has 0 spiro atoms. The van der Waals surface area contributed by atoms with Crippen LogP contribution in [0.4, 0.5) is 0 Å². The molecule has 0 amide bonds. The zero-order valence-corrected chi connectivity index (χ0v) is 10.6. The Hall–Kier alpha value is -1.64. The Balaban J connectivity index is 1.97. The van der Waals surface area contributed by atoms with Gasteiger partial charge >= 0.3 is 0 Å². The van der Waals surface area contributed by atoms with Gasteiger partial charge in [0.15, 0.2) is 0 Å². The van der Waals surface area contributed by atoms with Crippen LogP contribution in [0.5, 0.6) is 0 Å². The van der Waals surface area contributed by atoms with Crippen LogP contribution in [0.15, 0.2) is 54.6 Å². The molecule has 2 rings (SSSR count). The summed E-state index contributed by atoms with van der Waals surface area (Å²) >= 11 is 0. The SMILES string of the molecule is Cc1ccc(CNC(CO)c2ccccc2)cc1. The summed E-state index contributed by atoms with van der Waals surface area (Å²) in [4.78, 5) is 0. The molecule has 1 unspecified atom stereocenters. The van der Waals surface area contributed by atoms with Crippen molar-refractivity contribution in [3.8, 4) is 0 Å². The number of nitrogens with one attached hydrogen (secondary N) is 1. The van der Waals surface area contributed by atoms with E-state index in [1.165, 1.54) is 11.1 Å². The summed E-state index contributed by atoms with van der Waals surface area (Å²) in [6.07, 6.45) is 0. The Morgan fingerprint density at radius 1 is 1.00 bits per heavy atom. The highest BCUT2D eigenvalue weighted by molar-refractivity contribution is 5.22. The lowest BCUT2D eigenvalue weighted by molar-refractivity contribution is 0.243. The summed E-state index contributed by atoms with van der Waals surface area (Å²) in [6.45, 7) is 2.95. The molecular weight excluding hydrogens is 222 g/mol. The third-order valence-electron chi connectivity index (χ3n) is 3.06. The number of hydrogen-bond donors (Lipinski definition) is 2. The molecule has 0 fully saturated rings. The molecule has 2 N–H and O–H groups in total. The molecule has 0 aliphatic rings. The summed E-state index contributed by atoms with van der Waals surface area (Å²) in [5.74, 6) is 0. The van der Waals surface area contributed by atoms with Gasteiger partial charge in [-0.3, -0.25) is 0 Å². The largest absolute Gasteiger partial charge is 0.394 e. The molecule has 0 aliphatic heterocycles. The number of aliphatic hydroxyl groups is 1. The minimum absolute atomic E-state index is 0.00694. The third kappa shape index (κ3) is 3.42. The summed E-state index contributed by atoms with van der Waals surface area (Å²) in [7, 11) is 0. The zero-order chi connectivity index (χ0) is 12.8. The molecule has 0 aromatic heterocycles. The van der Waals surface area contributed by atoms with E-state index in [1.54, 1.807) is 0 Å². The van der Waals surface area contributed by atoms with Crippen molar-refractivity contribution in [1.82, 2.24) is 5.32 Å². The highest BCUT2D eigenvalue weighted by Crippen LogP contribution is 2.12. The van der Waals surface area contributed by atoms with Crippen LogP contribution in [-0.4, -0.2) is 11.7 Å². The highest BCUT2D eigenvalue weighted by Gasteiger charge is 2.08. The van der Waals surface area contributed by atoms with Gasteiger partial charge in [-0.1, -0.05) is 60.2 Å². The predicted molar refractivity (Wildman–Crippen MR) is 74.3 cm³/mol. The van der Waals surface area contributed by atoms with E-state index < -0.39 is 0 Å². The van der Waals surface area contributed by atoms with E-state index in [0.717, 1.165) is 12.1 Å². The minimum atomic E-state index is -0.00694. The number of rotatable bonds is 5. The molecule has 2 aromatic carbocycles. The van der Waals surface area contributed by atoms with Crippen molar-refractivity contribution in [1.29, 1.82) is 0 Å². The predicted octanol–water partition coefficient (Wildman–Crippen LogP) is 2.82. The first-order chi connectivity index (χ1) is 8.79. The van der Waals surface area contributed by atoms with Crippen LogP contribution in [0.2, 0.25) is 0 Å². The smallest absolute Gasteiger partial charge is 0.0626 e. The van der Waals surface area contributed by atoms with Gasteiger partial charge in [-0.15, -0.1) is 0 Å². The quantitative estimate of drug-likeness (QED) is 0.843. The monoisotopic (exact) mass is 241 g/mol. The highest BCUT2D eigenvalue weighted by atomic mass is 16.3. The summed E-state index contributed by atoms with van der Waals surface area (Å²) in [6, 6.07) is 18.5. The van der Waals surface area contributed by atoms with Gasteiger partial charge in [0.1, 0.15) is 0 Å². The third-order valence-corrected chi connectivity index (χ3v) is 3.06. The van der Waals surface area contributed by atoms with Crippen molar-refractivity contribution in [2.45, 2.75) is 19.5 Å². The molecule has 0 aliphatic carbocycles. The van der Waals surface area contributed by atoms with Crippen LogP contribution < -0.4 is 5.32 Å². The van der Waals surface area contributed by atoms with E-state index in [1.807, 2.05) is 30.3 Å². The van der Waals surface area contributed by atoms with E-state index in [0.29, 0.717) is 0 Å². The second kappa shape index (κ2) is 6.34. The van der Waals surface area contributed by atoms with Gasteiger partial charge in [-0.05, 0) is 18.1 Å². The average Bonchev–Trinajstić information content (AvgIpc) is 2.43. The van der Waals surface area contributed by atoms with Crippen LogP contribution in [0, 0.1) is 6.92 Å². The van der Waals surface area contributed by atoms with Gasteiger partial charge in [0.25, 0.3) is 0 Å². The first-order valence-electron chi connectivity index (χ1n) is 6.24. The van der Waals surface area contributed by atoms with E-state index in [2.05, 4.69) is 36.5 Å². The van der Waals surface area contributed by atoms with Gasteiger partial charge in [-0.25, -0.2) is 0 Å². The molecule has 94 valence electrons. The molecule has 0 bridgehead atoms. The molecule has 0 heterocycles. The first kappa shape index (κ1) is 12.8. The van der Waals surface area contributed by atoms with Crippen LogP contribution in [0.25, 0.3) is 0 Å². The van der Waals surface area contributed by atoms with Crippen molar-refractivity contribution in [2.75, 3.05) is 6.61 Å². The van der Waals surface area contributed by atoms with Crippen molar-refractivity contribution in [2.24, 2.45) is 0 Å². The lowest BCUT2D eigenvalue weighted by Crippen LogP contribution is -2.23. The van der Waals surface area contributed by atoms with Crippen LogP contribution in [0.1, 0.15) is 22.7 Å². The van der Waals surface area contributed by atoms with Gasteiger partial charge in [0.2, 0.25) is 0 Å². The van der Waals surface area contributed by atoms with Crippen molar-refractivity contribution in [3.63, 3.8) is 0 Å². The Bertz CT molecular complexity index is 464. The van der Waals surface area contributed by atoms with Gasteiger partial charge in [0, 0.05) is 6.54 Å². The Morgan fingerprint density at radius 3 is 2.28 bits per heavy atom. The molecule has 18 heavy (non-hydrogen) atoms. The summed E-state index contributed by atoms with van der Waals surface area (Å²) in [5.41, 5.74) is 3.61. The topological polar surface area (TPSA) is 32.3 Å². The lowest BCUT2D eigenvalue weighted by Gasteiger charge is -2.16. The second-order valence-electron chi connectivity index (χ2n) is 4.51. The molecule has 1 atom stereocenters. The van der Waals surface area contributed by atoms with E-state index in [-0.39, 0.29) is 12.6 Å². The van der Waals surface area contributed by atoms with Gasteiger partial charge < -0.3 is 10.4 Å². The normalized spacial score (nSPS) is 12.3. The summed E-state index contributed by atoms with van der Waals surface area (Å²) < 4.78 is 0. The van der Waals surface area contributed by atoms with Gasteiger partial charge in [0.05, 0.1) is 12.6 Å². The van der Waals surface area contributed by atoms with Gasteiger partial charge in [-0.2, -0.15) is 0 Å². The maximum absolute atomic E-state index is 9.44. The summed E-state index contributed by atoms with van der Waals surface area (Å²) in [5, 5.41) is 12.8. The minimum Gasteiger partial charge on any atom is -0.394 e. The number of aliphatic hydroxyl groups excluding tert-OH is 1. The lowest BCUT2D eigenvalue weighted by atomic mass is 10.1. The zero-order valence-electron chi connectivity index (χ0n) is 10.6. The van der Waals surface area contributed by atoms with Crippen LogP contribution in [-0.2, 0) is 6.54 Å². The van der Waals surface area contributed by atoms with E-state index in [4.69, 9.17) is 0 Å². The Kier molecular flexibility index (Phi) is 4.51. The molecule has 0 saturated carbocycles. The van der Waals surface area contributed by atoms with Crippen molar-refractivity contribution < 1.29 is 5.11 Å². The first-order valence-corrected chi connectivity index (χ1v) is 6.24. The van der Waals surface area contributed by atoms with Crippen LogP contribution in [0.3, 0.4) is 0 Å². The molecular formula is C16H19NO. The molecule has 0 radical (unpaired) electrons. The Morgan fingerprint density at radius 2 is 1.67 bits per heavy atom. The second-order valence-corrected chi connectivity index (χ2v) is 4.51. The number of hydrogen-bond acceptors (Lipinski definition) is 2. The average molecular weight is 241 g/mol. The fraction of sp³-hybridized carbons (Fsp3) is 0.250. The molecule has 2 nitrogen and oxygen atoms in total. The molecule has 0 saturated heterocycles. The fourth-order valence-corrected chi connectivity index (χ4v) is 1.92. The molecule has 2 aromatic rings. The maximum atomic E-state index is 9.44. The Labute approximate surface area is 108 Å². The maximum Gasteiger partial charge on any atom is 0.0626 e. The number of aryl methyl sites for hydroxylation is 1. The van der Waals surface area contributed by atoms with E-state index >= 15 is 0 Å². The van der Waals surface area contributed by atoms with Crippen molar-refractivity contribution in [3.05, 3.63) is 71.3 Å².